The van der Waals surface area contributed by atoms with Crippen LogP contribution >= 0.6 is 15.9 Å². The zero-order valence-corrected chi connectivity index (χ0v) is 11.9. The van der Waals surface area contributed by atoms with E-state index in [1.54, 1.807) is 0 Å². The smallest absolute Gasteiger partial charge is 0.406 e. The maximum Gasteiger partial charge on any atom is 0.573 e. The summed E-state index contributed by atoms with van der Waals surface area (Å²) in [6, 6.07) is 3.62. The number of rotatable bonds is 4. The van der Waals surface area contributed by atoms with Gasteiger partial charge in [-0.05, 0) is 24.1 Å². The molecule has 0 unspecified atom stereocenters. The van der Waals surface area contributed by atoms with Gasteiger partial charge in [0.05, 0.1) is 0 Å². The van der Waals surface area contributed by atoms with Gasteiger partial charge in [0.15, 0.2) is 0 Å². The first-order valence-corrected chi connectivity index (χ1v) is 6.31. The van der Waals surface area contributed by atoms with Crippen molar-refractivity contribution in [3.63, 3.8) is 0 Å². The molecule has 106 valence electrons. The van der Waals surface area contributed by atoms with Gasteiger partial charge in [0.25, 0.3) is 5.91 Å². The molecule has 0 atom stereocenters. The number of ether oxygens (including phenoxy) is 1. The van der Waals surface area contributed by atoms with Crippen molar-refractivity contribution in [2.45, 2.75) is 20.2 Å². The lowest BCUT2D eigenvalue weighted by molar-refractivity contribution is -0.274. The van der Waals surface area contributed by atoms with Crippen LogP contribution in [0.25, 0.3) is 0 Å². The number of carbonyl (C=O) groups is 1. The first-order chi connectivity index (χ1) is 8.67. The maximum absolute atomic E-state index is 12.1. The fourth-order valence-corrected chi connectivity index (χ4v) is 1.76. The summed E-state index contributed by atoms with van der Waals surface area (Å²) in [5.74, 6) is -0.624. The third-order valence-corrected chi connectivity index (χ3v) is 2.50. The predicted molar refractivity (Wildman–Crippen MR) is 68.0 cm³/mol. The van der Waals surface area contributed by atoms with Gasteiger partial charge in [-0.25, -0.2) is 0 Å². The lowest BCUT2D eigenvalue weighted by Gasteiger charge is -2.12. The van der Waals surface area contributed by atoms with Crippen molar-refractivity contribution in [1.29, 1.82) is 0 Å². The fraction of sp³-hybridized carbons (Fsp3) is 0.417. The molecule has 0 radical (unpaired) electrons. The summed E-state index contributed by atoms with van der Waals surface area (Å²) in [5.41, 5.74) is 0.106. The third-order valence-electron chi connectivity index (χ3n) is 2.04. The van der Waals surface area contributed by atoms with Crippen molar-refractivity contribution in [2.24, 2.45) is 5.92 Å². The lowest BCUT2D eigenvalue weighted by atomic mass is 10.2. The van der Waals surface area contributed by atoms with E-state index in [4.69, 9.17) is 0 Å². The molecule has 3 nitrogen and oxygen atoms in total. The Morgan fingerprint density at radius 3 is 2.53 bits per heavy atom. The Morgan fingerprint density at radius 1 is 1.37 bits per heavy atom. The van der Waals surface area contributed by atoms with Gasteiger partial charge in [-0.3, -0.25) is 4.79 Å². The Hall–Kier alpha value is -1.24. The third kappa shape index (κ3) is 5.96. The second-order valence-corrected chi connectivity index (χ2v) is 5.24. The van der Waals surface area contributed by atoms with Gasteiger partial charge >= 0.3 is 6.36 Å². The van der Waals surface area contributed by atoms with E-state index in [1.165, 1.54) is 6.07 Å². The van der Waals surface area contributed by atoms with Crippen molar-refractivity contribution in [3.05, 3.63) is 28.2 Å². The summed E-state index contributed by atoms with van der Waals surface area (Å²) >= 11 is 3.04. The molecular weight excluding hydrogens is 327 g/mol. The number of halogens is 4. The summed E-state index contributed by atoms with van der Waals surface area (Å²) in [5, 5.41) is 2.62. The average molecular weight is 340 g/mol. The van der Waals surface area contributed by atoms with Crippen LogP contribution < -0.4 is 10.1 Å². The van der Waals surface area contributed by atoms with Crippen molar-refractivity contribution in [1.82, 2.24) is 5.32 Å². The predicted octanol–water partition coefficient (Wildman–Crippen LogP) is 3.73. The number of hydrogen-bond donors (Lipinski definition) is 1. The Labute approximate surface area is 117 Å². The van der Waals surface area contributed by atoms with Crippen molar-refractivity contribution in [3.8, 4) is 5.75 Å². The molecule has 0 bridgehead atoms. The Bertz CT molecular complexity index is 461. The maximum atomic E-state index is 12.1. The molecule has 0 aliphatic heterocycles. The molecule has 0 heterocycles. The highest BCUT2D eigenvalue weighted by Crippen LogP contribution is 2.27. The molecule has 1 aromatic rings. The van der Waals surface area contributed by atoms with Gasteiger partial charge in [0.2, 0.25) is 0 Å². The number of carbonyl (C=O) groups excluding carboxylic acids is 1. The highest BCUT2D eigenvalue weighted by atomic mass is 79.9. The molecular formula is C12H13BrF3NO2. The van der Waals surface area contributed by atoms with Crippen LogP contribution in [-0.2, 0) is 0 Å². The van der Waals surface area contributed by atoms with E-state index in [2.05, 4.69) is 26.0 Å². The first-order valence-electron chi connectivity index (χ1n) is 5.52. The van der Waals surface area contributed by atoms with E-state index in [0.717, 1.165) is 12.1 Å². The highest BCUT2D eigenvalue weighted by Gasteiger charge is 2.31. The molecule has 0 aliphatic carbocycles. The number of nitrogens with one attached hydrogen (secondary N) is 1. The van der Waals surface area contributed by atoms with Crippen molar-refractivity contribution in [2.75, 3.05) is 6.54 Å². The van der Waals surface area contributed by atoms with Crippen LogP contribution in [0.5, 0.6) is 5.75 Å². The topological polar surface area (TPSA) is 38.3 Å². The van der Waals surface area contributed by atoms with Crippen LogP contribution in [0.15, 0.2) is 22.7 Å². The van der Waals surface area contributed by atoms with Crippen LogP contribution in [-0.4, -0.2) is 18.8 Å². The van der Waals surface area contributed by atoms with Crippen molar-refractivity contribution < 1.29 is 22.7 Å². The van der Waals surface area contributed by atoms with Gasteiger partial charge in [0, 0.05) is 16.6 Å². The molecule has 1 amide bonds. The lowest BCUT2D eigenvalue weighted by Crippen LogP contribution is -2.27. The molecule has 0 saturated carbocycles. The van der Waals surface area contributed by atoms with E-state index >= 15 is 0 Å². The standard InChI is InChI=1S/C12H13BrF3NO2/c1-7(2)6-17-11(18)8-3-9(13)5-10(4-8)19-12(14,15)16/h3-5,7H,6H2,1-2H3,(H,17,18). The first kappa shape index (κ1) is 15.8. The van der Waals surface area contributed by atoms with E-state index in [9.17, 15) is 18.0 Å². The summed E-state index contributed by atoms with van der Waals surface area (Å²) < 4.78 is 40.5. The van der Waals surface area contributed by atoms with Crippen molar-refractivity contribution >= 4 is 21.8 Å². The molecule has 1 N–H and O–H groups in total. The summed E-state index contributed by atoms with van der Waals surface area (Å²) in [7, 11) is 0. The van der Waals surface area contributed by atoms with Crippen LogP contribution in [0.4, 0.5) is 13.2 Å². The highest BCUT2D eigenvalue weighted by molar-refractivity contribution is 9.10. The van der Waals surface area contributed by atoms with Crippen LogP contribution in [0.3, 0.4) is 0 Å². The summed E-state index contributed by atoms with van der Waals surface area (Å²) in [4.78, 5) is 11.8. The zero-order chi connectivity index (χ0) is 14.6. The van der Waals surface area contributed by atoms with Gasteiger partial charge in [-0.2, -0.15) is 0 Å². The van der Waals surface area contributed by atoms with E-state index in [-0.39, 0.29) is 11.5 Å². The van der Waals surface area contributed by atoms with Crippen LogP contribution in [0.1, 0.15) is 24.2 Å². The largest absolute Gasteiger partial charge is 0.573 e. The molecule has 0 saturated heterocycles. The fourth-order valence-electron chi connectivity index (χ4n) is 1.29. The molecule has 1 rings (SSSR count). The van der Waals surface area contributed by atoms with Gasteiger partial charge in [0.1, 0.15) is 5.75 Å². The minimum Gasteiger partial charge on any atom is -0.406 e. The second kappa shape index (κ2) is 6.27. The molecule has 0 fully saturated rings. The average Bonchev–Trinajstić information content (AvgIpc) is 2.22. The number of hydrogen-bond acceptors (Lipinski definition) is 2. The van der Waals surface area contributed by atoms with E-state index in [0.29, 0.717) is 11.0 Å². The minimum atomic E-state index is -4.79. The summed E-state index contributed by atoms with van der Waals surface area (Å²) in [6.07, 6.45) is -4.79. The SMILES string of the molecule is CC(C)CNC(=O)c1cc(Br)cc(OC(F)(F)F)c1. The summed E-state index contributed by atoms with van der Waals surface area (Å²) in [6.45, 7) is 4.28. The number of alkyl halides is 3. The van der Waals surface area contributed by atoms with Crippen LogP contribution in [0.2, 0.25) is 0 Å². The number of benzene rings is 1. The monoisotopic (exact) mass is 339 g/mol. The second-order valence-electron chi connectivity index (χ2n) is 4.33. The molecule has 0 spiro atoms. The zero-order valence-electron chi connectivity index (χ0n) is 10.3. The minimum absolute atomic E-state index is 0.106. The molecule has 0 aromatic heterocycles. The molecule has 7 heteroatoms. The molecule has 0 aliphatic rings. The normalized spacial score (nSPS) is 11.5. The quantitative estimate of drug-likeness (QED) is 0.907. The number of amides is 1. The molecule has 1 aromatic carbocycles. The Balaban J connectivity index is 2.87. The van der Waals surface area contributed by atoms with Gasteiger partial charge in [-0.1, -0.05) is 29.8 Å². The van der Waals surface area contributed by atoms with Gasteiger partial charge < -0.3 is 10.1 Å². The Kier molecular flexibility index (Phi) is 5.22. The molecule has 19 heavy (non-hydrogen) atoms. The van der Waals surface area contributed by atoms with Crippen LogP contribution in [0, 0.1) is 5.92 Å². The van der Waals surface area contributed by atoms with E-state index < -0.39 is 18.0 Å². The van der Waals surface area contributed by atoms with Gasteiger partial charge in [-0.15, -0.1) is 13.2 Å². The Morgan fingerprint density at radius 2 is 2.00 bits per heavy atom. The van der Waals surface area contributed by atoms with E-state index in [1.807, 2.05) is 13.8 Å².